The Morgan fingerprint density at radius 3 is 2.45 bits per heavy atom. The molecule has 2 aromatic rings. The smallest absolute Gasteiger partial charge is 0.339 e. The first kappa shape index (κ1) is 14.1. The van der Waals surface area contributed by atoms with Gasteiger partial charge in [0.15, 0.2) is 0 Å². The first-order valence-electron chi connectivity index (χ1n) is 6.54. The fourth-order valence-corrected chi connectivity index (χ4v) is 2.45. The number of aryl methyl sites for hydroxylation is 2. The summed E-state index contributed by atoms with van der Waals surface area (Å²) < 4.78 is 0. The molecule has 0 bridgehead atoms. The minimum Gasteiger partial charge on any atom is -0.507 e. The van der Waals surface area contributed by atoms with Crippen LogP contribution in [0.2, 0.25) is 0 Å². The van der Waals surface area contributed by atoms with Crippen molar-refractivity contribution in [1.82, 2.24) is 0 Å². The molecule has 0 amide bonds. The van der Waals surface area contributed by atoms with Crippen LogP contribution < -0.4 is 0 Å². The normalized spacial score (nSPS) is 12.2. The Balaban J connectivity index is 2.53. The van der Waals surface area contributed by atoms with Gasteiger partial charge in [0.25, 0.3) is 0 Å². The lowest BCUT2D eigenvalue weighted by molar-refractivity contribution is 0.0692. The summed E-state index contributed by atoms with van der Waals surface area (Å²) in [4.78, 5) is 11.2. The number of hydrogen-bond donors (Lipinski definition) is 2. The molecule has 20 heavy (non-hydrogen) atoms. The number of phenols is 1. The van der Waals surface area contributed by atoms with Crippen molar-refractivity contribution in [2.45, 2.75) is 26.7 Å². The molecule has 0 spiro atoms. The predicted molar refractivity (Wildman–Crippen MR) is 78.5 cm³/mol. The van der Waals surface area contributed by atoms with E-state index in [0.717, 1.165) is 11.1 Å². The van der Waals surface area contributed by atoms with Crippen LogP contribution in [0.3, 0.4) is 0 Å². The topological polar surface area (TPSA) is 57.5 Å². The van der Waals surface area contributed by atoms with Crippen molar-refractivity contribution < 1.29 is 15.0 Å². The van der Waals surface area contributed by atoms with E-state index in [9.17, 15) is 15.0 Å². The molecule has 0 saturated carbocycles. The van der Waals surface area contributed by atoms with Crippen LogP contribution in [0, 0.1) is 13.8 Å². The van der Waals surface area contributed by atoms with Gasteiger partial charge in [0.05, 0.1) is 0 Å². The van der Waals surface area contributed by atoms with Crippen LogP contribution >= 0.6 is 0 Å². The second kappa shape index (κ2) is 5.37. The number of carboxylic acid groups (broad SMARTS) is 1. The van der Waals surface area contributed by atoms with Crippen molar-refractivity contribution in [1.29, 1.82) is 0 Å². The Morgan fingerprint density at radius 2 is 1.85 bits per heavy atom. The largest absolute Gasteiger partial charge is 0.507 e. The summed E-state index contributed by atoms with van der Waals surface area (Å²) in [6, 6.07) is 11.5. The van der Waals surface area contributed by atoms with Crippen LogP contribution in [0.25, 0.3) is 0 Å². The van der Waals surface area contributed by atoms with Crippen molar-refractivity contribution in [2.24, 2.45) is 0 Å². The Bertz CT molecular complexity index is 659. The van der Waals surface area contributed by atoms with Gasteiger partial charge in [0, 0.05) is 11.5 Å². The third kappa shape index (κ3) is 2.52. The summed E-state index contributed by atoms with van der Waals surface area (Å²) in [6.07, 6.45) is 0. The Kier molecular flexibility index (Phi) is 3.79. The summed E-state index contributed by atoms with van der Waals surface area (Å²) in [5.41, 5.74) is 3.38. The second-order valence-corrected chi connectivity index (χ2v) is 5.14. The molecule has 0 aliphatic carbocycles. The van der Waals surface area contributed by atoms with Crippen LogP contribution in [0.15, 0.2) is 36.4 Å². The maximum absolute atomic E-state index is 11.2. The maximum atomic E-state index is 11.2. The molecule has 0 heterocycles. The highest BCUT2D eigenvalue weighted by atomic mass is 16.4. The lowest BCUT2D eigenvalue weighted by Gasteiger charge is -2.17. The summed E-state index contributed by atoms with van der Waals surface area (Å²) in [6.45, 7) is 5.66. The SMILES string of the molecule is Cc1cccc(C(C)c2ccc(C)c(C(=O)O)c2O)c1. The quantitative estimate of drug-likeness (QED) is 0.890. The van der Waals surface area contributed by atoms with E-state index in [2.05, 4.69) is 0 Å². The monoisotopic (exact) mass is 270 g/mol. The van der Waals surface area contributed by atoms with Crippen molar-refractivity contribution in [3.05, 3.63) is 64.2 Å². The molecule has 0 radical (unpaired) electrons. The molecule has 1 atom stereocenters. The van der Waals surface area contributed by atoms with Gasteiger partial charge in [-0.2, -0.15) is 0 Å². The number of benzene rings is 2. The molecule has 0 aromatic heterocycles. The van der Waals surface area contributed by atoms with Gasteiger partial charge in [0.2, 0.25) is 0 Å². The van der Waals surface area contributed by atoms with Crippen molar-refractivity contribution in [2.75, 3.05) is 0 Å². The van der Waals surface area contributed by atoms with Gasteiger partial charge in [-0.1, -0.05) is 48.9 Å². The van der Waals surface area contributed by atoms with Gasteiger partial charge < -0.3 is 10.2 Å². The van der Waals surface area contributed by atoms with E-state index in [4.69, 9.17) is 0 Å². The summed E-state index contributed by atoms with van der Waals surface area (Å²) in [5.74, 6) is -1.29. The van der Waals surface area contributed by atoms with Crippen LogP contribution in [0.1, 0.15) is 45.5 Å². The average Bonchev–Trinajstić information content (AvgIpc) is 2.37. The van der Waals surface area contributed by atoms with Gasteiger partial charge >= 0.3 is 5.97 Å². The van der Waals surface area contributed by atoms with Crippen molar-refractivity contribution in [3.8, 4) is 5.75 Å². The zero-order valence-corrected chi connectivity index (χ0v) is 11.8. The molecule has 2 rings (SSSR count). The Morgan fingerprint density at radius 1 is 1.15 bits per heavy atom. The van der Waals surface area contributed by atoms with Gasteiger partial charge in [-0.25, -0.2) is 4.79 Å². The van der Waals surface area contributed by atoms with Crippen molar-refractivity contribution >= 4 is 5.97 Å². The lowest BCUT2D eigenvalue weighted by Crippen LogP contribution is -2.05. The average molecular weight is 270 g/mol. The first-order chi connectivity index (χ1) is 9.41. The van der Waals surface area contributed by atoms with E-state index >= 15 is 0 Å². The van der Waals surface area contributed by atoms with E-state index < -0.39 is 5.97 Å². The van der Waals surface area contributed by atoms with Crippen LogP contribution in [-0.4, -0.2) is 16.2 Å². The Hall–Kier alpha value is -2.29. The summed E-state index contributed by atoms with van der Waals surface area (Å²) in [7, 11) is 0. The highest BCUT2D eigenvalue weighted by Gasteiger charge is 2.20. The van der Waals surface area contributed by atoms with Gasteiger partial charge in [-0.15, -0.1) is 0 Å². The van der Waals surface area contributed by atoms with Crippen molar-refractivity contribution in [3.63, 3.8) is 0 Å². The van der Waals surface area contributed by atoms with E-state index in [1.54, 1.807) is 19.1 Å². The molecule has 3 nitrogen and oxygen atoms in total. The molecule has 0 aliphatic rings. The highest BCUT2D eigenvalue weighted by Crippen LogP contribution is 2.35. The molecule has 2 aromatic carbocycles. The zero-order chi connectivity index (χ0) is 14.9. The third-order valence-electron chi connectivity index (χ3n) is 3.64. The fourth-order valence-electron chi connectivity index (χ4n) is 2.45. The standard InChI is InChI=1S/C17H18O3/c1-10-5-4-6-13(9-10)12(3)14-8-7-11(2)15(16(14)18)17(19)20/h4-9,12,18H,1-3H3,(H,19,20). The minimum absolute atomic E-state index is 0.0120. The van der Waals surface area contributed by atoms with Crippen LogP contribution in [0.5, 0.6) is 5.75 Å². The number of carboxylic acids is 1. The highest BCUT2D eigenvalue weighted by molar-refractivity contribution is 5.93. The van der Waals surface area contributed by atoms with E-state index in [1.165, 1.54) is 0 Å². The van der Waals surface area contributed by atoms with Gasteiger partial charge in [-0.3, -0.25) is 0 Å². The third-order valence-corrected chi connectivity index (χ3v) is 3.64. The molecule has 0 fully saturated rings. The van der Waals surface area contributed by atoms with Gasteiger partial charge in [-0.05, 0) is 25.0 Å². The molecule has 2 N–H and O–H groups in total. The van der Waals surface area contributed by atoms with Gasteiger partial charge in [0.1, 0.15) is 11.3 Å². The predicted octanol–water partition coefficient (Wildman–Crippen LogP) is 3.86. The molecule has 3 heteroatoms. The molecular formula is C17H18O3. The summed E-state index contributed by atoms with van der Waals surface area (Å²) >= 11 is 0. The molecule has 0 aliphatic heterocycles. The van der Waals surface area contributed by atoms with Crippen LogP contribution in [-0.2, 0) is 0 Å². The first-order valence-corrected chi connectivity index (χ1v) is 6.54. The fraction of sp³-hybridized carbons (Fsp3) is 0.235. The number of aromatic carboxylic acids is 1. The lowest BCUT2D eigenvalue weighted by atomic mass is 9.89. The van der Waals surface area contributed by atoms with E-state index in [1.807, 2.05) is 38.1 Å². The molecular weight excluding hydrogens is 252 g/mol. The summed E-state index contributed by atoms with van der Waals surface area (Å²) in [5, 5.41) is 19.5. The maximum Gasteiger partial charge on any atom is 0.339 e. The number of aromatic hydroxyl groups is 1. The number of carbonyl (C=O) groups is 1. The van der Waals surface area contributed by atoms with E-state index in [-0.39, 0.29) is 17.2 Å². The van der Waals surface area contributed by atoms with Crippen LogP contribution in [0.4, 0.5) is 0 Å². The number of rotatable bonds is 3. The number of hydrogen-bond acceptors (Lipinski definition) is 2. The minimum atomic E-state index is -1.10. The zero-order valence-electron chi connectivity index (χ0n) is 11.8. The van der Waals surface area contributed by atoms with E-state index in [0.29, 0.717) is 11.1 Å². The Labute approximate surface area is 118 Å². The molecule has 104 valence electrons. The molecule has 1 unspecified atom stereocenters. The molecule has 0 saturated heterocycles. The second-order valence-electron chi connectivity index (χ2n) is 5.14.